The number of carbonyl (C=O) groups excluding carboxylic acids is 1. The Morgan fingerprint density at radius 3 is 2.15 bits per heavy atom. The van der Waals surface area contributed by atoms with Gasteiger partial charge < -0.3 is 5.32 Å². The summed E-state index contributed by atoms with van der Waals surface area (Å²) in [5, 5.41) is 3.32. The lowest BCUT2D eigenvalue weighted by Gasteiger charge is -2.56. The molecule has 2 atom stereocenters. The number of nitrogens with one attached hydrogen (secondary N) is 1. The Morgan fingerprint density at radius 1 is 1.05 bits per heavy atom. The summed E-state index contributed by atoms with van der Waals surface area (Å²) in [6, 6.07) is 0.386. The molecule has 4 bridgehead atoms. The molecule has 1 amide bonds. The Balaban J connectivity index is 1.39. The standard InChI is InChI=1S/C17H26BrNO/c18-14-2-1-3-15(14)19-16(20)10-17-7-11-4-12(8-17)6-13(5-11)9-17/h11-15H,1-10H2,(H,19,20). The van der Waals surface area contributed by atoms with Crippen LogP contribution in [-0.2, 0) is 4.79 Å². The van der Waals surface area contributed by atoms with E-state index in [4.69, 9.17) is 0 Å². The van der Waals surface area contributed by atoms with Gasteiger partial charge in [0.05, 0.1) is 0 Å². The van der Waals surface area contributed by atoms with Crippen molar-refractivity contribution in [3.63, 3.8) is 0 Å². The van der Waals surface area contributed by atoms with E-state index in [9.17, 15) is 4.79 Å². The van der Waals surface area contributed by atoms with E-state index >= 15 is 0 Å². The highest BCUT2D eigenvalue weighted by Crippen LogP contribution is 2.61. The molecule has 0 radical (unpaired) electrons. The first-order valence-corrected chi connectivity index (χ1v) is 9.47. The van der Waals surface area contributed by atoms with Crippen LogP contribution in [0.15, 0.2) is 0 Å². The Morgan fingerprint density at radius 2 is 1.65 bits per heavy atom. The third kappa shape index (κ3) is 2.44. The number of halogens is 1. The van der Waals surface area contributed by atoms with Crippen LogP contribution in [0.5, 0.6) is 0 Å². The average Bonchev–Trinajstić information content (AvgIpc) is 2.72. The third-order valence-corrected chi connectivity index (χ3v) is 7.57. The third-order valence-electron chi connectivity index (χ3n) is 6.48. The second-order valence-corrected chi connectivity index (χ2v) is 9.39. The lowest BCUT2D eigenvalue weighted by atomic mass is 9.49. The molecule has 5 rings (SSSR count). The van der Waals surface area contributed by atoms with Gasteiger partial charge in [0.2, 0.25) is 5.91 Å². The first-order valence-electron chi connectivity index (χ1n) is 8.55. The van der Waals surface area contributed by atoms with E-state index < -0.39 is 0 Å². The summed E-state index contributed by atoms with van der Waals surface area (Å²) in [6.07, 6.45) is 12.8. The van der Waals surface area contributed by atoms with Crippen molar-refractivity contribution in [1.82, 2.24) is 5.32 Å². The van der Waals surface area contributed by atoms with Gasteiger partial charge in [0.25, 0.3) is 0 Å². The van der Waals surface area contributed by atoms with Crippen molar-refractivity contribution in [2.24, 2.45) is 23.2 Å². The molecule has 0 aliphatic heterocycles. The van der Waals surface area contributed by atoms with Gasteiger partial charge in [-0.15, -0.1) is 0 Å². The lowest BCUT2D eigenvalue weighted by molar-refractivity contribution is -0.130. The molecule has 3 heteroatoms. The van der Waals surface area contributed by atoms with Crippen molar-refractivity contribution in [2.45, 2.75) is 75.1 Å². The molecule has 5 aliphatic carbocycles. The van der Waals surface area contributed by atoms with Crippen LogP contribution in [0.3, 0.4) is 0 Å². The molecule has 0 heterocycles. The van der Waals surface area contributed by atoms with Gasteiger partial charge in [-0.1, -0.05) is 22.4 Å². The fourth-order valence-electron chi connectivity index (χ4n) is 6.18. The van der Waals surface area contributed by atoms with Crippen LogP contribution in [0.2, 0.25) is 0 Å². The Bertz CT molecular complexity index is 373. The van der Waals surface area contributed by atoms with Crippen molar-refractivity contribution in [1.29, 1.82) is 0 Å². The molecule has 0 spiro atoms. The first-order chi connectivity index (χ1) is 9.62. The summed E-state index contributed by atoms with van der Waals surface area (Å²) in [5.41, 5.74) is 0.388. The van der Waals surface area contributed by atoms with E-state index in [1.807, 2.05) is 0 Å². The Labute approximate surface area is 130 Å². The molecular formula is C17H26BrNO. The molecule has 5 fully saturated rings. The van der Waals surface area contributed by atoms with Crippen molar-refractivity contribution in [2.75, 3.05) is 0 Å². The van der Waals surface area contributed by atoms with Gasteiger partial charge in [-0.3, -0.25) is 4.79 Å². The zero-order chi connectivity index (χ0) is 13.7. The molecule has 0 aromatic rings. The lowest BCUT2D eigenvalue weighted by Crippen LogP contribution is -2.49. The number of hydrogen-bond acceptors (Lipinski definition) is 1. The fourth-order valence-corrected chi connectivity index (χ4v) is 6.90. The van der Waals surface area contributed by atoms with Gasteiger partial charge in [-0.25, -0.2) is 0 Å². The zero-order valence-electron chi connectivity index (χ0n) is 12.2. The van der Waals surface area contributed by atoms with Crippen LogP contribution in [0.25, 0.3) is 0 Å². The number of rotatable bonds is 3. The molecule has 112 valence electrons. The maximum absolute atomic E-state index is 12.5. The van der Waals surface area contributed by atoms with Crippen molar-refractivity contribution < 1.29 is 4.79 Å². The molecule has 5 saturated carbocycles. The SMILES string of the molecule is O=C(CC12CC3CC(CC(C3)C1)C2)NC1CCCC1Br. The smallest absolute Gasteiger partial charge is 0.220 e. The Kier molecular flexibility index (Phi) is 3.40. The van der Waals surface area contributed by atoms with E-state index in [-0.39, 0.29) is 0 Å². The van der Waals surface area contributed by atoms with E-state index in [2.05, 4.69) is 21.2 Å². The van der Waals surface area contributed by atoms with Gasteiger partial charge in [-0.2, -0.15) is 0 Å². The monoisotopic (exact) mass is 339 g/mol. The topological polar surface area (TPSA) is 29.1 Å². The maximum atomic E-state index is 12.5. The van der Waals surface area contributed by atoms with Crippen molar-refractivity contribution >= 4 is 21.8 Å². The van der Waals surface area contributed by atoms with Crippen molar-refractivity contribution in [3.8, 4) is 0 Å². The molecule has 2 unspecified atom stereocenters. The summed E-state index contributed by atoms with van der Waals surface area (Å²) in [4.78, 5) is 13.0. The minimum absolute atomic E-state index is 0.336. The molecule has 2 nitrogen and oxygen atoms in total. The van der Waals surface area contributed by atoms with Crippen molar-refractivity contribution in [3.05, 3.63) is 0 Å². The fraction of sp³-hybridized carbons (Fsp3) is 0.941. The number of carbonyl (C=O) groups is 1. The second-order valence-electron chi connectivity index (χ2n) is 8.22. The predicted octanol–water partition coefficient (Wildman–Crippen LogP) is 4.03. The van der Waals surface area contributed by atoms with Gasteiger partial charge in [0.15, 0.2) is 0 Å². The summed E-state index contributed by atoms with van der Waals surface area (Å²) in [5.74, 6) is 3.18. The summed E-state index contributed by atoms with van der Waals surface area (Å²) in [6.45, 7) is 0. The van der Waals surface area contributed by atoms with Crippen LogP contribution in [0.1, 0.15) is 64.2 Å². The largest absolute Gasteiger partial charge is 0.352 e. The quantitative estimate of drug-likeness (QED) is 0.773. The first kappa shape index (κ1) is 13.6. The van der Waals surface area contributed by atoms with E-state index in [1.54, 1.807) is 0 Å². The van der Waals surface area contributed by atoms with Gasteiger partial charge in [0, 0.05) is 17.3 Å². The second kappa shape index (κ2) is 5.00. The van der Waals surface area contributed by atoms with Gasteiger partial charge in [0.1, 0.15) is 0 Å². The van der Waals surface area contributed by atoms with Crippen LogP contribution in [-0.4, -0.2) is 16.8 Å². The summed E-state index contributed by atoms with van der Waals surface area (Å²) >= 11 is 3.71. The van der Waals surface area contributed by atoms with Crippen LogP contribution in [0.4, 0.5) is 0 Å². The zero-order valence-corrected chi connectivity index (χ0v) is 13.8. The maximum Gasteiger partial charge on any atom is 0.220 e. The average molecular weight is 340 g/mol. The number of alkyl halides is 1. The predicted molar refractivity (Wildman–Crippen MR) is 83.7 cm³/mol. The van der Waals surface area contributed by atoms with E-state index in [1.165, 1.54) is 51.4 Å². The molecule has 5 aliphatic rings. The molecule has 20 heavy (non-hydrogen) atoms. The molecule has 0 aromatic carbocycles. The molecular weight excluding hydrogens is 314 g/mol. The molecule has 0 saturated heterocycles. The molecule has 1 N–H and O–H groups in total. The van der Waals surface area contributed by atoms with Gasteiger partial charge >= 0.3 is 0 Å². The van der Waals surface area contributed by atoms with Crippen LogP contribution < -0.4 is 5.32 Å². The minimum Gasteiger partial charge on any atom is -0.352 e. The Hall–Kier alpha value is -0.0500. The minimum atomic E-state index is 0.336. The number of amides is 1. The van der Waals surface area contributed by atoms with Crippen LogP contribution >= 0.6 is 15.9 Å². The van der Waals surface area contributed by atoms with E-state index in [0.717, 1.165) is 30.6 Å². The van der Waals surface area contributed by atoms with Crippen LogP contribution in [0, 0.1) is 23.2 Å². The summed E-state index contributed by atoms with van der Waals surface area (Å²) < 4.78 is 0. The van der Waals surface area contributed by atoms with Gasteiger partial charge in [-0.05, 0) is 74.5 Å². The molecule has 0 aromatic heterocycles. The highest BCUT2D eigenvalue weighted by Gasteiger charge is 2.51. The van der Waals surface area contributed by atoms with E-state index in [0.29, 0.717) is 22.2 Å². The highest BCUT2D eigenvalue weighted by molar-refractivity contribution is 9.09. The number of hydrogen-bond donors (Lipinski definition) is 1. The normalized spacial score (nSPS) is 49.5. The highest BCUT2D eigenvalue weighted by atomic mass is 79.9. The summed E-state index contributed by atoms with van der Waals surface area (Å²) in [7, 11) is 0.